The van der Waals surface area contributed by atoms with Crippen molar-refractivity contribution in [3.05, 3.63) is 88.5 Å². The van der Waals surface area contributed by atoms with Gasteiger partial charge in [-0.3, -0.25) is 9.79 Å². The highest BCUT2D eigenvalue weighted by atomic mass is 32.2. The van der Waals surface area contributed by atoms with E-state index in [-0.39, 0.29) is 12.3 Å². The maximum atomic E-state index is 11.4. The number of ether oxygens (including phenoxy) is 1. The number of thioether (sulfide) groups is 1. The molecule has 0 fully saturated rings. The van der Waals surface area contributed by atoms with Gasteiger partial charge in [0.15, 0.2) is 5.49 Å². The summed E-state index contributed by atoms with van der Waals surface area (Å²) in [6.45, 7) is 3.17. The highest BCUT2D eigenvalue weighted by Gasteiger charge is 2.24. The van der Waals surface area contributed by atoms with Gasteiger partial charge in [0.25, 0.3) is 0 Å². The number of nitrogens with zero attached hydrogens (tertiary/aromatic N) is 2. The highest BCUT2D eigenvalue weighted by Crippen LogP contribution is 2.35. The molecule has 1 unspecified atom stereocenters. The molecule has 0 radical (unpaired) electrons. The Hall–Kier alpha value is -3.19. The molecule has 0 bridgehead atoms. The van der Waals surface area contributed by atoms with Crippen LogP contribution in [0.2, 0.25) is 0 Å². The molecule has 1 aromatic heterocycles. The second-order valence-corrected chi connectivity index (χ2v) is 9.72. The van der Waals surface area contributed by atoms with Crippen molar-refractivity contribution < 1.29 is 19.8 Å². The SMILES string of the molecule is CCSc1ccn(O)c(=NCCCOc2ccc3c(c2)Cc2ccccc2C(CC(=O)O)C3)c1. The zero-order chi connectivity index (χ0) is 23.9. The Labute approximate surface area is 203 Å². The first-order valence-corrected chi connectivity index (χ1v) is 12.6. The molecule has 34 heavy (non-hydrogen) atoms. The lowest BCUT2D eigenvalue weighted by molar-refractivity contribution is -0.137. The van der Waals surface area contributed by atoms with Gasteiger partial charge in [-0.2, -0.15) is 4.73 Å². The minimum absolute atomic E-state index is 0.0214. The lowest BCUT2D eigenvalue weighted by Gasteiger charge is -2.16. The number of aromatic nitrogens is 1. The largest absolute Gasteiger partial charge is 0.494 e. The van der Waals surface area contributed by atoms with Crippen molar-refractivity contribution >= 4 is 17.7 Å². The first-order chi connectivity index (χ1) is 16.5. The molecule has 1 atom stereocenters. The maximum absolute atomic E-state index is 11.4. The molecule has 1 aliphatic carbocycles. The Kier molecular flexibility index (Phi) is 7.95. The molecule has 6 nitrogen and oxygen atoms in total. The number of carbonyl (C=O) groups is 1. The van der Waals surface area contributed by atoms with Gasteiger partial charge in [-0.25, -0.2) is 0 Å². The summed E-state index contributed by atoms with van der Waals surface area (Å²) in [6, 6.07) is 18.0. The van der Waals surface area contributed by atoms with E-state index in [1.807, 2.05) is 30.3 Å². The fraction of sp³-hybridized carbons (Fsp3) is 0.333. The van der Waals surface area contributed by atoms with Crippen LogP contribution in [0.25, 0.3) is 0 Å². The van der Waals surface area contributed by atoms with Gasteiger partial charge in [-0.05, 0) is 71.0 Å². The van der Waals surface area contributed by atoms with E-state index in [2.05, 4.69) is 36.2 Å². The van der Waals surface area contributed by atoms with Crippen LogP contribution in [0.5, 0.6) is 5.75 Å². The van der Waals surface area contributed by atoms with Crippen LogP contribution < -0.4 is 10.2 Å². The van der Waals surface area contributed by atoms with Crippen LogP contribution in [0, 0.1) is 0 Å². The molecule has 178 valence electrons. The summed E-state index contributed by atoms with van der Waals surface area (Å²) in [6.07, 6.45) is 3.96. The topological polar surface area (TPSA) is 84.0 Å². The zero-order valence-corrected chi connectivity index (χ0v) is 20.1. The molecule has 0 saturated carbocycles. The second kappa shape index (κ2) is 11.3. The Morgan fingerprint density at radius 1 is 1.15 bits per heavy atom. The molecule has 0 spiro atoms. The van der Waals surface area contributed by atoms with E-state index in [0.717, 1.165) is 39.5 Å². The number of aliphatic carboxylic acids is 1. The molecule has 4 rings (SSSR count). The monoisotopic (exact) mass is 478 g/mol. The number of hydrogen-bond donors (Lipinski definition) is 2. The minimum Gasteiger partial charge on any atom is -0.494 e. The quantitative estimate of drug-likeness (QED) is 0.259. The first kappa shape index (κ1) is 24.0. The lowest BCUT2D eigenvalue weighted by Crippen LogP contribution is -2.18. The van der Waals surface area contributed by atoms with Crippen LogP contribution in [0.4, 0.5) is 0 Å². The van der Waals surface area contributed by atoms with E-state index in [9.17, 15) is 15.1 Å². The second-order valence-electron chi connectivity index (χ2n) is 8.39. The van der Waals surface area contributed by atoms with Crippen LogP contribution in [-0.2, 0) is 17.6 Å². The maximum Gasteiger partial charge on any atom is 0.303 e. The van der Waals surface area contributed by atoms with Gasteiger partial charge in [0.2, 0.25) is 0 Å². The smallest absolute Gasteiger partial charge is 0.303 e. The van der Waals surface area contributed by atoms with Gasteiger partial charge in [0.05, 0.1) is 13.0 Å². The van der Waals surface area contributed by atoms with Crippen molar-refractivity contribution in [1.29, 1.82) is 0 Å². The first-order valence-electron chi connectivity index (χ1n) is 11.6. The van der Waals surface area contributed by atoms with E-state index in [4.69, 9.17) is 4.74 Å². The fourth-order valence-electron chi connectivity index (χ4n) is 4.41. The zero-order valence-electron chi connectivity index (χ0n) is 19.3. The molecule has 3 aromatic rings. The molecular weight excluding hydrogens is 448 g/mol. The Morgan fingerprint density at radius 2 is 2.00 bits per heavy atom. The third-order valence-corrected chi connectivity index (χ3v) is 6.86. The van der Waals surface area contributed by atoms with E-state index < -0.39 is 5.97 Å². The third-order valence-electron chi connectivity index (χ3n) is 5.98. The average Bonchev–Trinajstić information content (AvgIpc) is 2.96. The summed E-state index contributed by atoms with van der Waals surface area (Å²) in [7, 11) is 0. The Bertz CT molecular complexity index is 1220. The fourth-order valence-corrected chi connectivity index (χ4v) is 5.09. The summed E-state index contributed by atoms with van der Waals surface area (Å²) in [5.41, 5.74) is 5.23. The number of fused-ring (bicyclic) bond motifs is 2. The van der Waals surface area contributed by atoms with Crippen LogP contribution in [0.3, 0.4) is 0 Å². The van der Waals surface area contributed by atoms with E-state index in [0.29, 0.717) is 25.1 Å². The molecule has 1 heterocycles. The minimum atomic E-state index is -0.767. The molecule has 0 aliphatic heterocycles. The Balaban J connectivity index is 1.40. The van der Waals surface area contributed by atoms with Gasteiger partial charge in [0.1, 0.15) is 5.75 Å². The van der Waals surface area contributed by atoms with Crippen molar-refractivity contribution in [2.45, 2.75) is 43.4 Å². The van der Waals surface area contributed by atoms with E-state index >= 15 is 0 Å². The molecule has 1 aliphatic rings. The van der Waals surface area contributed by atoms with Gasteiger partial charge in [-0.1, -0.05) is 37.3 Å². The standard InChI is InChI=1S/C27H30N2O4S/c1-2-34-24-10-12-29(32)26(18-24)28-11-5-13-33-23-9-8-19-14-22(17-27(30)31)25-7-4-3-6-20(25)15-21(19)16-23/h3-4,6-10,12,16,18,22,32H,2,5,11,13-15,17H2,1H3,(H,30,31). The highest BCUT2D eigenvalue weighted by molar-refractivity contribution is 7.99. The van der Waals surface area contributed by atoms with Gasteiger partial charge >= 0.3 is 5.97 Å². The van der Waals surface area contributed by atoms with Crippen molar-refractivity contribution in [2.24, 2.45) is 4.99 Å². The van der Waals surface area contributed by atoms with Crippen molar-refractivity contribution in [2.75, 3.05) is 18.9 Å². The van der Waals surface area contributed by atoms with Crippen LogP contribution in [0.15, 0.2) is 70.7 Å². The summed E-state index contributed by atoms with van der Waals surface area (Å²) in [4.78, 5) is 17.0. The van der Waals surface area contributed by atoms with Gasteiger partial charge < -0.3 is 15.1 Å². The normalized spacial score (nSPS) is 15.3. The van der Waals surface area contributed by atoms with Crippen molar-refractivity contribution in [3.8, 4) is 5.75 Å². The summed E-state index contributed by atoms with van der Waals surface area (Å²) >= 11 is 1.71. The number of carboxylic acid groups (broad SMARTS) is 1. The predicted octanol–water partition coefficient (Wildman–Crippen LogP) is 4.91. The van der Waals surface area contributed by atoms with Crippen LogP contribution in [-0.4, -0.2) is 39.9 Å². The molecular formula is C27H30N2O4S. The van der Waals surface area contributed by atoms with Crippen LogP contribution in [0.1, 0.15) is 47.9 Å². The number of hydrogen-bond acceptors (Lipinski definition) is 5. The van der Waals surface area contributed by atoms with Gasteiger partial charge in [-0.15, -0.1) is 11.8 Å². The molecule has 0 saturated heterocycles. The molecule has 2 aromatic carbocycles. The third kappa shape index (κ3) is 6.03. The number of carboxylic acids is 1. The molecule has 7 heteroatoms. The summed E-state index contributed by atoms with van der Waals surface area (Å²) in [5.74, 6) is 0.990. The van der Waals surface area contributed by atoms with Crippen molar-refractivity contribution in [3.63, 3.8) is 0 Å². The molecule has 0 amide bonds. The Morgan fingerprint density at radius 3 is 2.82 bits per heavy atom. The summed E-state index contributed by atoms with van der Waals surface area (Å²) in [5, 5.41) is 19.4. The lowest BCUT2D eigenvalue weighted by atomic mass is 9.89. The number of benzene rings is 2. The van der Waals surface area contributed by atoms with Gasteiger partial charge in [0, 0.05) is 24.1 Å². The van der Waals surface area contributed by atoms with E-state index in [1.165, 1.54) is 16.7 Å². The number of rotatable bonds is 9. The average molecular weight is 479 g/mol. The van der Waals surface area contributed by atoms with Crippen LogP contribution >= 0.6 is 11.8 Å². The molecule has 2 N–H and O–H groups in total. The summed E-state index contributed by atoms with van der Waals surface area (Å²) < 4.78 is 7.04. The van der Waals surface area contributed by atoms with E-state index in [1.54, 1.807) is 18.0 Å². The number of pyridine rings is 1. The predicted molar refractivity (Wildman–Crippen MR) is 133 cm³/mol. The van der Waals surface area contributed by atoms with Crippen molar-refractivity contribution in [1.82, 2.24) is 4.73 Å².